The van der Waals surface area contributed by atoms with Crippen LogP contribution in [0.2, 0.25) is 0 Å². The van der Waals surface area contributed by atoms with Crippen LogP contribution in [0, 0.1) is 5.92 Å². The highest BCUT2D eigenvalue weighted by Gasteiger charge is 2.25. The molecule has 1 aromatic rings. The van der Waals surface area contributed by atoms with Gasteiger partial charge in [-0.3, -0.25) is 4.79 Å². The lowest BCUT2D eigenvalue weighted by Crippen LogP contribution is -2.28. The molecular weight excluding hydrogens is 216 g/mol. The molecule has 0 bridgehead atoms. The molecule has 3 N–H and O–H groups in total. The van der Waals surface area contributed by atoms with Crippen LogP contribution in [-0.4, -0.2) is 29.0 Å². The molecule has 17 heavy (non-hydrogen) atoms. The van der Waals surface area contributed by atoms with Crippen LogP contribution >= 0.6 is 0 Å². The van der Waals surface area contributed by atoms with Crippen molar-refractivity contribution in [3.05, 3.63) is 23.8 Å². The monoisotopic (exact) mass is 234 g/mol. The number of aromatic hydroxyl groups is 1. The third-order valence-corrected chi connectivity index (χ3v) is 3.43. The molecule has 4 heteroatoms. The van der Waals surface area contributed by atoms with Crippen LogP contribution < -0.4 is 5.73 Å². The number of hydrogen-bond acceptors (Lipinski definition) is 3. The van der Waals surface area contributed by atoms with Gasteiger partial charge in [0.2, 0.25) is 0 Å². The van der Waals surface area contributed by atoms with Crippen molar-refractivity contribution in [2.75, 3.05) is 18.8 Å². The number of nitrogens with zero attached hydrogens (tertiary/aromatic N) is 1. The number of likely N-dealkylation sites (tertiary alicyclic amines) is 1. The number of anilines is 1. The molecule has 1 heterocycles. The van der Waals surface area contributed by atoms with E-state index in [1.165, 1.54) is 6.07 Å². The van der Waals surface area contributed by atoms with E-state index in [9.17, 15) is 9.90 Å². The molecule has 1 aliphatic rings. The van der Waals surface area contributed by atoms with Gasteiger partial charge in [0.05, 0.1) is 5.69 Å². The lowest BCUT2D eigenvalue weighted by molar-refractivity contribution is 0.0786. The third kappa shape index (κ3) is 2.35. The van der Waals surface area contributed by atoms with E-state index < -0.39 is 0 Å². The van der Waals surface area contributed by atoms with Gasteiger partial charge < -0.3 is 15.7 Å². The minimum absolute atomic E-state index is 0.0174. The molecule has 2 rings (SSSR count). The summed E-state index contributed by atoms with van der Waals surface area (Å²) in [4.78, 5) is 14.0. The van der Waals surface area contributed by atoms with Gasteiger partial charge >= 0.3 is 0 Å². The SMILES string of the molecule is CCC1CCN(C(=O)c2ccc(N)c(O)c2)C1. The highest BCUT2D eigenvalue weighted by molar-refractivity contribution is 5.95. The fourth-order valence-corrected chi connectivity index (χ4v) is 2.21. The molecule has 1 atom stereocenters. The number of amides is 1. The minimum Gasteiger partial charge on any atom is -0.506 e. The molecule has 0 spiro atoms. The fraction of sp³-hybridized carbons (Fsp3) is 0.462. The first kappa shape index (κ1) is 11.8. The number of benzene rings is 1. The maximum atomic E-state index is 12.1. The van der Waals surface area contributed by atoms with Crippen molar-refractivity contribution in [1.82, 2.24) is 4.90 Å². The van der Waals surface area contributed by atoms with Crippen molar-refractivity contribution in [2.24, 2.45) is 5.92 Å². The molecule has 4 nitrogen and oxygen atoms in total. The van der Waals surface area contributed by atoms with Crippen LogP contribution in [0.4, 0.5) is 5.69 Å². The zero-order chi connectivity index (χ0) is 12.4. The molecule has 1 unspecified atom stereocenters. The molecule has 0 aromatic heterocycles. The van der Waals surface area contributed by atoms with E-state index in [4.69, 9.17) is 5.73 Å². The van der Waals surface area contributed by atoms with E-state index in [0.717, 1.165) is 25.9 Å². The average molecular weight is 234 g/mol. The highest BCUT2D eigenvalue weighted by atomic mass is 16.3. The Hall–Kier alpha value is -1.71. The smallest absolute Gasteiger partial charge is 0.253 e. The second kappa shape index (κ2) is 4.65. The zero-order valence-corrected chi connectivity index (χ0v) is 10.0. The quantitative estimate of drug-likeness (QED) is 0.606. The Kier molecular flexibility index (Phi) is 3.22. The van der Waals surface area contributed by atoms with Crippen LogP contribution in [-0.2, 0) is 0 Å². The second-order valence-corrected chi connectivity index (χ2v) is 4.59. The van der Waals surface area contributed by atoms with Gasteiger partial charge in [0.15, 0.2) is 0 Å². The van der Waals surface area contributed by atoms with Crippen LogP contribution in [0.15, 0.2) is 18.2 Å². The summed E-state index contributed by atoms with van der Waals surface area (Å²) >= 11 is 0. The molecule has 0 aliphatic carbocycles. The average Bonchev–Trinajstić information content (AvgIpc) is 2.80. The molecule has 1 saturated heterocycles. The highest BCUT2D eigenvalue weighted by Crippen LogP contribution is 2.24. The number of hydrogen-bond donors (Lipinski definition) is 2. The molecule has 0 radical (unpaired) electrons. The number of nitrogens with two attached hydrogens (primary N) is 1. The molecule has 92 valence electrons. The van der Waals surface area contributed by atoms with Gasteiger partial charge in [0, 0.05) is 18.7 Å². The van der Waals surface area contributed by atoms with E-state index in [2.05, 4.69) is 6.92 Å². The predicted molar refractivity (Wildman–Crippen MR) is 66.8 cm³/mol. The van der Waals surface area contributed by atoms with E-state index in [0.29, 0.717) is 17.2 Å². The van der Waals surface area contributed by atoms with Gasteiger partial charge in [-0.15, -0.1) is 0 Å². The first-order valence-electron chi connectivity index (χ1n) is 5.99. The Morgan fingerprint density at radius 3 is 2.94 bits per heavy atom. The first-order valence-corrected chi connectivity index (χ1v) is 5.99. The summed E-state index contributed by atoms with van der Waals surface area (Å²) < 4.78 is 0. The van der Waals surface area contributed by atoms with Gasteiger partial charge in [-0.1, -0.05) is 13.3 Å². The number of phenols is 1. The van der Waals surface area contributed by atoms with E-state index >= 15 is 0 Å². The lowest BCUT2D eigenvalue weighted by atomic mass is 10.1. The summed E-state index contributed by atoms with van der Waals surface area (Å²) in [5, 5.41) is 9.49. The largest absolute Gasteiger partial charge is 0.506 e. The summed E-state index contributed by atoms with van der Waals surface area (Å²) in [6.07, 6.45) is 2.18. The van der Waals surface area contributed by atoms with Crippen LogP contribution in [0.25, 0.3) is 0 Å². The summed E-state index contributed by atoms with van der Waals surface area (Å²) in [6.45, 7) is 3.77. The van der Waals surface area contributed by atoms with Crippen molar-refractivity contribution in [3.63, 3.8) is 0 Å². The van der Waals surface area contributed by atoms with Gasteiger partial charge in [-0.2, -0.15) is 0 Å². The minimum atomic E-state index is -0.0258. The Labute approximate surface area is 101 Å². The summed E-state index contributed by atoms with van der Waals surface area (Å²) in [7, 11) is 0. The Morgan fingerprint density at radius 1 is 1.59 bits per heavy atom. The number of carbonyl (C=O) groups is 1. The Balaban J connectivity index is 2.12. The number of carbonyl (C=O) groups excluding carboxylic acids is 1. The van der Waals surface area contributed by atoms with Crippen molar-refractivity contribution in [2.45, 2.75) is 19.8 Å². The van der Waals surface area contributed by atoms with Crippen LogP contribution in [0.5, 0.6) is 5.75 Å². The van der Waals surface area contributed by atoms with Gasteiger partial charge in [0.25, 0.3) is 5.91 Å². The fourth-order valence-electron chi connectivity index (χ4n) is 2.21. The predicted octanol–water partition coefficient (Wildman–Crippen LogP) is 1.85. The standard InChI is InChI=1S/C13H18N2O2/c1-2-9-5-6-15(8-9)13(17)10-3-4-11(14)12(16)7-10/h3-4,7,9,16H,2,5-6,8,14H2,1H3. The summed E-state index contributed by atoms with van der Waals surface area (Å²) in [5.74, 6) is 0.569. The number of nitrogen functional groups attached to an aromatic ring is 1. The first-order chi connectivity index (χ1) is 8.11. The maximum absolute atomic E-state index is 12.1. The van der Waals surface area contributed by atoms with Gasteiger partial charge in [-0.25, -0.2) is 0 Å². The van der Waals surface area contributed by atoms with E-state index in [1.807, 2.05) is 4.90 Å². The molecule has 0 saturated carbocycles. The van der Waals surface area contributed by atoms with Gasteiger partial charge in [-0.05, 0) is 30.5 Å². The Bertz CT molecular complexity index is 431. The van der Waals surface area contributed by atoms with Crippen LogP contribution in [0.1, 0.15) is 30.1 Å². The molecule has 1 aliphatic heterocycles. The topological polar surface area (TPSA) is 66.6 Å². The summed E-state index contributed by atoms with van der Waals surface area (Å²) in [5.41, 5.74) is 6.32. The molecular formula is C13H18N2O2. The molecule has 1 aromatic carbocycles. The normalized spacial score (nSPS) is 19.6. The van der Waals surface area contributed by atoms with Crippen molar-refractivity contribution in [3.8, 4) is 5.75 Å². The van der Waals surface area contributed by atoms with E-state index in [-0.39, 0.29) is 11.7 Å². The lowest BCUT2D eigenvalue weighted by Gasteiger charge is -2.16. The van der Waals surface area contributed by atoms with Crippen molar-refractivity contribution in [1.29, 1.82) is 0 Å². The van der Waals surface area contributed by atoms with Crippen LogP contribution in [0.3, 0.4) is 0 Å². The van der Waals surface area contributed by atoms with Gasteiger partial charge in [0.1, 0.15) is 5.75 Å². The molecule has 1 fully saturated rings. The number of phenolic OH excluding ortho intramolecular Hbond substituents is 1. The number of rotatable bonds is 2. The van der Waals surface area contributed by atoms with E-state index in [1.54, 1.807) is 12.1 Å². The third-order valence-electron chi connectivity index (χ3n) is 3.43. The second-order valence-electron chi connectivity index (χ2n) is 4.59. The van der Waals surface area contributed by atoms with Crippen molar-refractivity contribution < 1.29 is 9.90 Å². The van der Waals surface area contributed by atoms with Crippen molar-refractivity contribution >= 4 is 11.6 Å². The zero-order valence-electron chi connectivity index (χ0n) is 10.0. The summed E-state index contributed by atoms with van der Waals surface area (Å²) in [6, 6.07) is 4.67. The molecule has 1 amide bonds. The maximum Gasteiger partial charge on any atom is 0.253 e. The Morgan fingerprint density at radius 2 is 2.35 bits per heavy atom.